The molecule has 24 heavy (non-hydrogen) atoms. The Morgan fingerprint density at radius 1 is 1.21 bits per heavy atom. The summed E-state index contributed by atoms with van der Waals surface area (Å²) in [7, 11) is 0. The number of rotatable bonds is 2. The summed E-state index contributed by atoms with van der Waals surface area (Å²) in [4.78, 5) is 20.1. The first-order chi connectivity index (χ1) is 11.6. The molecule has 0 bridgehead atoms. The number of hydrogen-bond donors (Lipinski definition) is 0. The fraction of sp³-hybridized carbons (Fsp3) is 0. The van der Waals surface area contributed by atoms with Crippen molar-refractivity contribution in [3.8, 4) is 17.4 Å². The van der Waals surface area contributed by atoms with Crippen LogP contribution in [0.1, 0.15) is 0 Å². The normalized spacial score (nSPS) is 11.1. The molecule has 0 N–H and O–H groups in total. The van der Waals surface area contributed by atoms with Gasteiger partial charge in [-0.15, -0.1) is 10.2 Å². The average Bonchev–Trinajstić information content (AvgIpc) is 3.11. The van der Waals surface area contributed by atoms with E-state index in [2.05, 4.69) is 20.2 Å². The third-order valence-electron chi connectivity index (χ3n) is 3.31. The fourth-order valence-corrected chi connectivity index (χ4v) is 2.31. The summed E-state index contributed by atoms with van der Waals surface area (Å²) in [5, 5.41) is 7.89. The van der Waals surface area contributed by atoms with Crippen LogP contribution in [0.5, 0.6) is 0 Å². The fourth-order valence-electron chi connectivity index (χ4n) is 2.15. The van der Waals surface area contributed by atoms with Crippen molar-refractivity contribution in [3.05, 3.63) is 64.2 Å². The summed E-state index contributed by atoms with van der Waals surface area (Å²) in [6.07, 6.45) is 4.91. The van der Waals surface area contributed by atoms with Crippen molar-refractivity contribution in [1.82, 2.24) is 24.7 Å². The number of imidazole rings is 1. The van der Waals surface area contributed by atoms with Crippen molar-refractivity contribution in [2.24, 2.45) is 0 Å². The maximum atomic E-state index is 13.5. The molecule has 1 aromatic carbocycles. The molecule has 3 aromatic heterocycles. The molecular weight excluding hydrogens is 337 g/mol. The third kappa shape index (κ3) is 2.42. The maximum absolute atomic E-state index is 13.5. The van der Waals surface area contributed by atoms with Crippen LogP contribution in [-0.4, -0.2) is 24.7 Å². The highest BCUT2D eigenvalue weighted by atomic mass is 35.5. The van der Waals surface area contributed by atoms with Gasteiger partial charge in [0.25, 0.3) is 5.89 Å². The van der Waals surface area contributed by atoms with Crippen LogP contribution >= 0.6 is 11.6 Å². The van der Waals surface area contributed by atoms with E-state index in [1.807, 2.05) is 0 Å². The Labute approximate surface area is 138 Å². The minimum atomic E-state index is -0.731. The van der Waals surface area contributed by atoms with E-state index < -0.39 is 11.4 Å². The molecule has 4 aromatic rings. The molecule has 0 fully saturated rings. The smallest absolute Gasteiger partial charge is 0.347 e. The van der Waals surface area contributed by atoms with Gasteiger partial charge in [-0.3, -0.25) is 4.57 Å². The second-order valence-corrected chi connectivity index (χ2v) is 5.24. The first-order valence-electron chi connectivity index (χ1n) is 6.74. The second-order valence-electron chi connectivity index (χ2n) is 4.84. The van der Waals surface area contributed by atoms with Gasteiger partial charge in [0.2, 0.25) is 0 Å². The molecule has 118 valence electrons. The lowest BCUT2D eigenvalue weighted by Crippen LogP contribution is -2.05. The van der Waals surface area contributed by atoms with Gasteiger partial charge in [0.1, 0.15) is 17.8 Å². The largest absolute Gasteiger partial charge is 0.401 e. The first-order valence-corrected chi connectivity index (χ1v) is 7.12. The minimum absolute atomic E-state index is 0.00337. The summed E-state index contributed by atoms with van der Waals surface area (Å²) in [5.74, 6) is -0.195. The molecule has 7 nitrogen and oxygen atoms in total. The highest BCUT2D eigenvalue weighted by Gasteiger charge is 2.13. The topological polar surface area (TPSA) is 86.7 Å². The number of halogens is 2. The zero-order chi connectivity index (χ0) is 16.7. The molecule has 0 saturated carbocycles. The zero-order valence-corrected chi connectivity index (χ0v) is 12.6. The molecular formula is C15H7ClFN5O2. The first kappa shape index (κ1) is 14.5. The van der Waals surface area contributed by atoms with E-state index >= 15 is 0 Å². The summed E-state index contributed by atoms with van der Waals surface area (Å²) in [5.41, 5.74) is -0.252. The second kappa shape index (κ2) is 5.50. The Morgan fingerprint density at radius 3 is 2.79 bits per heavy atom. The van der Waals surface area contributed by atoms with Crippen LogP contribution in [0.3, 0.4) is 0 Å². The van der Waals surface area contributed by atoms with E-state index in [-0.39, 0.29) is 27.5 Å². The van der Waals surface area contributed by atoms with Crippen LogP contribution in [0.25, 0.3) is 28.3 Å². The molecule has 9 heteroatoms. The minimum Gasteiger partial charge on any atom is -0.401 e. The van der Waals surface area contributed by atoms with E-state index in [9.17, 15) is 9.18 Å². The van der Waals surface area contributed by atoms with E-state index in [0.717, 1.165) is 6.07 Å². The molecule has 0 unspecified atom stereocenters. The average molecular weight is 344 g/mol. The Morgan fingerprint density at radius 2 is 2.08 bits per heavy atom. The molecule has 0 aliphatic carbocycles. The molecule has 0 aliphatic rings. The lowest BCUT2D eigenvalue weighted by atomic mass is 10.2. The Hall–Kier alpha value is -3.13. The van der Waals surface area contributed by atoms with Gasteiger partial charge in [0, 0.05) is 12.4 Å². The highest BCUT2D eigenvalue weighted by Crippen LogP contribution is 2.22. The molecule has 0 radical (unpaired) electrons. The van der Waals surface area contributed by atoms with E-state index in [4.69, 9.17) is 16.0 Å². The molecule has 0 aliphatic heterocycles. The summed E-state index contributed by atoms with van der Waals surface area (Å²) in [6, 6.07) is 5.53. The number of nitrogens with zero attached hydrogens (tertiary/aromatic N) is 5. The Bertz CT molecular complexity index is 1090. The molecule has 3 heterocycles. The van der Waals surface area contributed by atoms with Gasteiger partial charge in [0.05, 0.1) is 15.9 Å². The molecule has 0 atom stereocenters. The SMILES string of the molecule is O=c1oc(-c2ccc(-n3ccnc3)nn2)nc2cc(Cl)c(F)cc12. The van der Waals surface area contributed by atoms with E-state index in [0.29, 0.717) is 5.82 Å². The van der Waals surface area contributed by atoms with Crippen LogP contribution in [0.15, 0.2) is 52.2 Å². The molecule has 0 amide bonds. The Kier molecular flexibility index (Phi) is 3.31. The van der Waals surface area contributed by atoms with Crippen LogP contribution in [-0.2, 0) is 0 Å². The summed E-state index contributed by atoms with van der Waals surface area (Å²) in [6.45, 7) is 0. The molecule has 0 spiro atoms. The third-order valence-corrected chi connectivity index (χ3v) is 3.60. The van der Waals surface area contributed by atoms with Crippen LogP contribution in [0.4, 0.5) is 4.39 Å². The summed E-state index contributed by atoms with van der Waals surface area (Å²) >= 11 is 5.73. The number of benzene rings is 1. The van der Waals surface area contributed by atoms with Crippen molar-refractivity contribution in [2.45, 2.75) is 0 Å². The van der Waals surface area contributed by atoms with Crippen molar-refractivity contribution in [1.29, 1.82) is 0 Å². The van der Waals surface area contributed by atoms with Gasteiger partial charge in [0.15, 0.2) is 5.82 Å². The van der Waals surface area contributed by atoms with Crippen molar-refractivity contribution < 1.29 is 8.81 Å². The predicted octanol–water partition coefficient (Wildman–Crippen LogP) is 2.62. The lowest BCUT2D eigenvalue weighted by Gasteiger charge is -2.03. The summed E-state index contributed by atoms with van der Waals surface area (Å²) < 4.78 is 20.2. The predicted molar refractivity (Wildman–Crippen MR) is 83.4 cm³/mol. The standard InChI is InChI=1S/C15H7ClFN5O2/c16-9-6-12-8(5-10(9)17)15(23)24-14(19-12)11-1-2-13(21-20-11)22-4-3-18-7-22/h1-7H. The van der Waals surface area contributed by atoms with Crippen LogP contribution < -0.4 is 5.63 Å². The van der Waals surface area contributed by atoms with Gasteiger partial charge in [-0.25, -0.2) is 19.2 Å². The number of fused-ring (bicyclic) bond motifs is 1. The van der Waals surface area contributed by atoms with Gasteiger partial charge in [-0.1, -0.05) is 11.6 Å². The van der Waals surface area contributed by atoms with Crippen LogP contribution in [0.2, 0.25) is 5.02 Å². The highest BCUT2D eigenvalue weighted by molar-refractivity contribution is 6.31. The van der Waals surface area contributed by atoms with E-state index in [1.165, 1.54) is 6.07 Å². The molecule has 4 rings (SSSR count). The maximum Gasteiger partial charge on any atom is 0.347 e. The van der Waals surface area contributed by atoms with Gasteiger partial charge >= 0.3 is 5.63 Å². The number of hydrogen-bond acceptors (Lipinski definition) is 6. The van der Waals surface area contributed by atoms with E-state index in [1.54, 1.807) is 35.4 Å². The van der Waals surface area contributed by atoms with Gasteiger partial charge in [-0.2, -0.15) is 0 Å². The van der Waals surface area contributed by atoms with Crippen molar-refractivity contribution >= 4 is 22.5 Å². The van der Waals surface area contributed by atoms with Crippen molar-refractivity contribution in [2.75, 3.05) is 0 Å². The number of aromatic nitrogens is 5. The lowest BCUT2D eigenvalue weighted by molar-refractivity contribution is 0.514. The zero-order valence-electron chi connectivity index (χ0n) is 11.8. The van der Waals surface area contributed by atoms with Gasteiger partial charge < -0.3 is 4.42 Å². The quantitative estimate of drug-likeness (QED) is 0.556. The van der Waals surface area contributed by atoms with Crippen molar-refractivity contribution in [3.63, 3.8) is 0 Å². The Balaban J connectivity index is 1.81. The van der Waals surface area contributed by atoms with Crippen LogP contribution in [0, 0.1) is 5.82 Å². The van der Waals surface area contributed by atoms with Gasteiger partial charge in [-0.05, 0) is 24.3 Å². The molecule has 0 saturated heterocycles. The monoisotopic (exact) mass is 343 g/mol.